The zero-order valence-electron chi connectivity index (χ0n) is 12.7. The van der Waals surface area contributed by atoms with Crippen molar-refractivity contribution in [3.8, 4) is 0 Å². The van der Waals surface area contributed by atoms with Crippen molar-refractivity contribution >= 4 is 0 Å². The van der Waals surface area contributed by atoms with Crippen LogP contribution in [0.2, 0.25) is 0 Å². The molecule has 0 spiro atoms. The maximum Gasteiger partial charge on any atom is 0.00172 e. The summed E-state index contributed by atoms with van der Waals surface area (Å²) in [5.74, 6) is 3.42. The van der Waals surface area contributed by atoms with Crippen LogP contribution in [0.25, 0.3) is 0 Å². The first-order valence-corrected chi connectivity index (χ1v) is 7.88. The first-order chi connectivity index (χ1) is 9.19. The zero-order valence-corrected chi connectivity index (χ0v) is 12.7. The zero-order chi connectivity index (χ0) is 13.7. The largest absolute Gasteiger partial charge is 0.319 e. The Balaban J connectivity index is 2.00. The van der Waals surface area contributed by atoms with Gasteiger partial charge in [-0.2, -0.15) is 0 Å². The van der Waals surface area contributed by atoms with Crippen LogP contribution in [0.15, 0.2) is 30.3 Å². The van der Waals surface area contributed by atoms with Gasteiger partial charge >= 0.3 is 0 Å². The van der Waals surface area contributed by atoms with Gasteiger partial charge < -0.3 is 5.32 Å². The minimum atomic E-state index is 0.675. The average Bonchev–Trinajstić information content (AvgIpc) is 2.38. The summed E-state index contributed by atoms with van der Waals surface area (Å²) in [5, 5.41) is 3.38. The summed E-state index contributed by atoms with van der Waals surface area (Å²) in [7, 11) is 2.07. The molecule has 1 aliphatic rings. The third-order valence-electron chi connectivity index (χ3n) is 4.62. The highest BCUT2D eigenvalue weighted by Gasteiger charge is 2.26. The van der Waals surface area contributed by atoms with Crippen molar-refractivity contribution in [1.82, 2.24) is 5.32 Å². The molecule has 1 N–H and O–H groups in total. The fourth-order valence-electron chi connectivity index (χ4n) is 4.02. The van der Waals surface area contributed by atoms with E-state index in [0.29, 0.717) is 5.92 Å². The van der Waals surface area contributed by atoms with Gasteiger partial charge in [0.2, 0.25) is 0 Å². The molecule has 1 saturated carbocycles. The Labute approximate surface area is 118 Å². The van der Waals surface area contributed by atoms with E-state index in [1.165, 1.54) is 31.2 Å². The summed E-state index contributed by atoms with van der Waals surface area (Å²) >= 11 is 0. The van der Waals surface area contributed by atoms with Crippen LogP contribution in [0.3, 0.4) is 0 Å². The van der Waals surface area contributed by atoms with Gasteiger partial charge in [-0.25, -0.2) is 0 Å². The molecule has 1 fully saturated rings. The van der Waals surface area contributed by atoms with Crippen LogP contribution in [0, 0.1) is 17.8 Å². The Kier molecular flexibility index (Phi) is 5.45. The molecule has 0 amide bonds. The highest BCUT2D eigenvalue weighted by molar-refractivity contribution is 5.20. The van der Waals surface area contributed by atoms with E-state index in [1.807, 2.05) is 0 Å². The molecule has 1 aromatic carbocycles. The maximum atomic E-state index is 3.38. The molecular weight excluding hydrogens is 230 g/mol. The molecule has 1 nitrogen and oxygen atoms in total. The van der Waals surface area contributed by atoms with Crippen molar-refractivity contribution in [1.29, 1.82) is 0 Å². The van der Waals surface area contributed by atoms with Crippen LogP contribution in [-0.4, -0.2) is 13.6 Å². The minimum Gasteiger partial charge on any atom is -0.319 e. The lowest BCUT2D eigenvalue weighted by Crippen LogP contribution is -2.25. The molecule has 3 unspecified atom stereocenters. The first kappa shape index (κ1) is 14.6. The minimum absolute atomic E-state index is 0.675. The molecule has 2 rings (SSSR count). The third-order valence-corrected chi connectivity index (χ3v) is 4.62. The topological polar surface area (TPSA) is 12.0 Å². The summed E-state index contributed by atoms with van der Waals surface area (Å²) in [5.41, 5.74) is 1.50. The molecular formula is C18H29N. The molecule has 0 aromatic heterocycles. The van der Waals surface area contributed by atoms with Gasteiger partial charge in [-0.1, -0.05) is 44.2 Å². The second kappa shape index (κ2) is 7.09. The molecule has 1 heteroatoms. The molecule has 3 atom stereocenters. The summed E-state index contributed by atoms with van der Waals surface area (Å²) in [6, 6.07) is 11.0. The number of benzene rings is 1. The van der Waals surface area contributed by atoms with Gasteiger partial charge in [0.1, 0.15) is 0 Å². The number of hydrogen-bond donors (Lipinski definition) is 1. The molecule has 1 aromatic rings. The van der Waals surface area contributed by atoms with Crippen LogP contribution in [0.1, 0.15) is 51.0 Å². The van der Waals surface area contributed by atoms with E-state index >= 15 is 0 Å². The Morgan fingerprint density at radius 1 is 1.05 bits per heavy atom. The van der Waals surface area contributed by atoms with E-state index < -0.39 is 0 Å². The summed E-state index contributed by atoms with van der Waals surface area (Å²) < 4.78 is 0. The fraction of sp³-hybridized carbons (Fsp3) is 0.667. The third kappa shape index (κ3) is 4.35. The smallest absolute Gasteiger partial charge is 0.00172 e. The van der Waals surface area contributed by atoms with E-state index in [-0.39, 0.29) is 0 Å². The maximum absolute atomic E-state index is 3.38. The van der Waals surface area contributed by atoms with Crippen LogP contribution in [-0.2, 0) is 0 Å². The Bertz CT molecular complexity index is 349. The predicted octanol–water partition coefficient (Wildman–Crippen LogP) is 4.45. The van der Waals surface area contributed by atoms with Crippen molar-refractivity contribution in [3.63, 3.8) is 0 Å². The van der Waals surface area contributed by atoms with Gasteiger partial charge in [0.15, 0.2) is 0 Å². The van der Waals surface area contributed by atoms with Crippen molar-refractivity contribution in [2.24, 2.45) is 17.8 Å². The number of likely N-dealkylation sites (N-methyl/N-ethyl adjacent to an activating group) is 1. The standard InChI is InChI=1S/C18H29N/c1-14-9-15(2)11-16(10-14)12-18(13-19-3)17-7-5-4-6-8-17/h4-8,14-16,18-19H,9-13H2,1-3H3. The van der Waals surface area contributed by atoms with Gasteiger partial charge in [-0.05, 0) is 62.0 Å². The highest BCUT2D eigenvalue weighted by Crippen LogP contribution is 2.38. The second-order valence-electron chi connectivity index (χ2n) is 6.68. The van der Waals surface area contributed by atoms with Crippen LogP contribution in [0.5, 0.6) is 0 Å². The molecule has 1 aliphatic carbocycles. The lowest BCUT2D eigenvalue weighted by atomic mass is 9.73. The van der Waals surface area contributed by atoms with Gasteiger partial charge in [-0.3, -0.25) is 0 Å². The Hall–Kier alpha value is -0.820. The fourth-order valence-corrected chi connectivity index (χ4v) is 4.02. The SMILES string of the molecule is CNCC(CC1CC(C)CC(C)C1)c1ccccc1. The Morgan fingerprint density at radius 2 is 1.68 bits per heavy atom. The van der Waals surface area contributed by atoms with Crippen molar-refractivity contribution in [3.05, 3.63) is 35.9 Å². The van der Waals surface area contributed by atoms with Gasteiger partial charge in [0, 0.05) is 6.54 Å². The average molecular weight is 259 g/mol. The Morgan fingerprint density at radius 3 is 2.26 bits per heavy atom. The molecule has 19 heavy (non-hydrogen) atoms. The number of rotatable bonds is 5. The molecule has 106 valence electrons. The number of nitrogens with one attached hydrogen (secondary N) is 1. The molecule has 0 saturated heterocycles. The summed E-state index contributed by atoms with van der Waals surface area (Å²) in [6.07, 6.45) is 5.63. The van der Waals surface area contributed by atoms with Crippen LogP contribution >= 0.6 is 0 Å². The van der Waals surface area contributed by atoms with Gasteiger partial charge in [0.25, 0.3) is 0 Å². The molecule has 0 heterocycles. The summed E-state index contributed by atoms with van der Waals surface area (Å²) in [4.78, 5) is 0. The monoisotopic (exact) mass is 259 g/mol. The number of hydrogen-bond acceptors (Lipinski definition) is 1. The van der Waals surface area contributed by atoms with E-state index in [0.717, 1.165) is 24.3 Å². The lowest BCUT2D eigenvalue weighted by molar-refractivity contribution is 0.200. The van der Waals surface area contributed by atoms with Crippen molar-refractivity contribution in [2.75, 3.05) is 13.6 Å². The van der Waals surface area contributed by atoms with Gasteiger partial charge in [0.05, 0.1) is 0 Å². The molecule has 0 radical (unpaired) electrons. The summed E-state index contributed by atoms with van der Waals surface area (Å²) in [6.45, 7) is 5.96. The quantitative estimate of drug-likeness (QED) is 0.823. The van der Waals surface area contributed by atoms with E-state index in [1.54, 1.807) is 0 Å². The van der Waals surface area contributed by atoms with E-state index in [4.69, 9.17) is 0 Å². The van der Waals surface area contributed by atoms with Crippen molar-refractivity contribution < 1.29 is 0 Å². The van der Waals surface area contributed by atoms with Crippen LogP contribution < -0.4 is 5.32 Å². The van der Waals surface area contributed by atoms with Crippen molar-refractivity contribution in [2.45, 2.75) is 45.4 Å². The first-order valence-electron chi connectivity index (χ1n) is 7.88. The van der Waals surface area contributed by atoms with Crippen LogP contribution in [0.4, 0.5) is 0 Å². The molecule has 0 aliphatic heterocycles. The van der Waals surface area contributed by atoms with E-state index in [9.17, 15) is 0 Å². The molecule has 0 bridgehead atoms. The van der Waals surface area contributed by atoms with Gasteiger partial charge in [-0.15, -0.1) is 0 Å². The van der Waals surface area contributed by atoms with E-state index in [2.05, 4.69) is 56.5 Å². The predicted molar refractivity (Wildman–Crippen MR) is 83.4 cm³/mol. The lowest BCUT2D eigenvalue weighted by Gasteiger charge is -2.33. The highest BCUT2D eigenvalue weighted by atomic mass is 14.8. The normalized spacial score (nSPS) is 29.1. The second-order valence-corrected chi connectivity index (χ2v) is 6.68.